The molecule has 8 nitrogen and oxygen atoms in total. The van der Waals surface area contributed by atoms with E-state index in [2.05, 4.69) is 29.3 Å². The van der Waals surface area contributed by atoms with Crippen LogP contribution in [0.1, 0.15) is 39.1 Å². The van der Waals surface area contributed by atoms with Crippen molar-refractivity contribution < 1.29 is 32.0 Å². The van der Waals surface area contributed by atoms with Gasteiger partial charge >= 0.3 is 12.2 Å². The van der Waals surface area contributed by atoms with E-state index in [0.29, 0.717) is 11.7 Å². The van der Waals surface area contributed by atoms with Crippen LogP contribution in [0.4, 0.5) is 18.0 Å². The Kier molecular flexibility index (Phi) is 7.22. The molecule has 1 fully saturated rings. The molecule has 0 saturated carbocycles. The first kappa shape index (κ1) is 26.5. The normalized spacial score (nSPS) is 15.4. The van der Waals surface area contributed by atoms with Gasteiger partial charge in [-0.3, -0.25) is 9.69 Å². The summed E-state index contributed by atoms with van der Waals surface area (Å²) in [6.07, 6.45) is -4.72. The molecule has 4 rings (SSSR count). The number of halogens is 3. The molecule has 0 bridgehead atoms. The van der Waals surface area contributed by atoms with E-state index >= 15 is 0 Å². The summed E-state index contributed by atoms with van der Waals surface area (Å²) in [5.74, 6) is 0.446. The molecule has 3 amide bonds. The summed E-state index contributed by atoms with van der Waals surface area (Å²) in [5, 5.41) is 6.27. The third-order valence-electron chi connectivity index (χ3n) is 5.39. The predicted octanol–water partition coefficient (Wildman–Crippen LogP) is 6.13. The number of para-hydroxylation sites is 1. The molecule has 196 valence electrons. The van der Waals surface area contributed by atoms with Crippen LogP contribution in [0.15, 0.2) is 51.9 Å². The smallest absolute Gasteiger partial charge is 0.420 e. The number of urea groups is 1. The molecule has 1 aliphatic rings. The van der Waals surface area contributed by atoms with Crippen LogP contribution in [0.25, 0.3) is 11.4 Å². The second kappa shape index (κ2) is 10.1. The van der Waals surface area contributed by atoms with E-state index in [4.69, 9.17) is 9.26 Å². The number of rotatable bonds is 8. The minimum atomic E-state index is -4.72. The van der Waals surface area contributed by atoms with Crippen molar-refractivity contribution in [2.24, 2.45) is 5.92 Å². The largest absolute Gasteiger partial charge is 0.456 e. The molecule has 0 spiro atoms. The minimum Gasteiger partial charge on any atom is -0.456 e. The zero-order chi connectivity index (χ0) is 27.0. The number of nitrogens with one attached hydrogen (secondary N) is 1. The van der Waals surface area contributed by atoms with Crippen LogP contribution in [0, 0.1) is 5.92 Å². The quantitative estimate of drug-likeness (QED) is 0.274. The molecule has 12 heteroatoms. The van der Waals surface area contributed by atoms with Crippen molar-refractivity contribution in [3.05, 3.63) is 53.9 Å². The van der Waals surface area contributed by atoms with Gasteiger partial charge in [0.05, 0.1) is 10.5 Å². The third-order valence-corrected chi connectivity index (χ3v) is 6.87. The molecule has 1 N–H and O–H groups in total. The molecule has 0 atom stereocenters. The molecule has 1 aliphatic heterocycles. The number of benzene rings is 2. The van der Waals surface area contributed by atoms with Crippen molar-refractivity contribution in [2.45, 2.75) is 50.9 Å². The molecular weight excluding hydrogens is 509 g/mol. The van der Waals surface area contributed by atoms with Gasteiger partial charge in [0.2, 0.25) is 11.7 Å². The molecule has 1 saturated heterocycles. The van der Waals surface area contributed by atoms with Gasteiger partial charge in [-0.15, -0.1) is 11.8 Å². The molecule has 0 aliphatic carbocycles. The van der Waals surface area contributed by atoms with Crippen molar-refractivity contribution in [2.75, 3.05) is 5.75 Å². The van der Waals surface area contributed by atoms with Crippen molar-refractivity contribution >= 4 is 23.7 Å². The summed E-state index contributed by atoms with van der Waals surface area (Å²) in [6, 6.07) is 9.78. The third kappa shape index (κ3) is 5.90. The molecule has 2 aromatic carbocycles. The summed E-state index contributed by atoms with van der Waals surface area (Å²) in [7, 11) is 0. The highest BCUT2D eigenvalue weighted by Gasteiger charge is 2.45. The lowest BCUT2D eigenvalue weighted by atomic mass is 10.1. The van der Waals surface area contributed by atoms with Crippen LogP contribution in [0.2, 0.25) is 0 Å². The van der Waals surface area contributed by atoms with Gasteiger partial charge < -0.3 is 14.6 Å². The molecule has 37 heavy (non-hydrogen) atoms. The lowest BCUT2D eigenvalue weighted by Crippen LogP contribution is -2.40. The van der Waals surface area contributed by atoms with E-state index in [-0.39, 0.29) is 29.6 Å². The van der Waals surface area contributed by atoms with Crippen molar-refractivity contribution in [1.29, 1.82) is 0 Å². The van der Waals surface area contributed by atoms with Gasteiger partial charge in [0.1, 0.15) is 23.6 Å². The van der Waals surface area contributed by atoms with Crippen LogP contribution < -0.4 is 10.1 Å². The van der Waals surface area contributed by atoms with E-state index in [1.807, 2.05) is 0 Å². The zero-order valence-electron chi connectivity index (χ0n) is 20.5. The molecular formula is C25H25F3N4O4S. The van der Waals surface area contributed by atoms with Gasteiger partial charge in [-0.25, -0.2) is 4.79 Å². The first-order chi connectivity index (χ1) is 17.3. The second-order valence-electron chi connectivity index (χ2n) is 9.42. The maximum absolute atomic E-state index is 14.0. The SMILES string of the molecule is CC(C)CSc1ccccc1Oc1ccc(-c2noc(CN3C(=O)NC(C)(C)C3=O)n2)cc1C(F)(F)F. The number of thioether (sulfide) groups is 1. The van der Waals surface area contributed by atoms with Crippen molar-refractivity contribution in [3.8, 4) is 22.9 Å². The molecule has 0 radical (unpaired) electrons. The van der Waals surface area contributed by atoms with E-state index in [1.165, 1.54) is 23.9 Å². The van der Waals surface area contributed by atoms with Crippen molar-refractivity contribution in [3.63, 3.8) is 0 Å². The van der Waals surface area contributed by atoms with E-state index < -0.39 is 29.2 Å². The van der Waals surface area contributed by atoms with Gasteiger partial charge in [0.25, 0.3) is 5.91 Å². The van der Waals surface area contributed by atoms with Crippen molar-refractivity contribution in [1.82, 2.24) is 20.4 Å². The number of ether oxygens (including phenoxy) is 1. The highest BCUT2D eigenvalue weighted by atomic mass is 32.2. The lowest BCUT2D eigenvalue weighted by Gasteiger charge is -2.16. The maximum atomic E-state index is 14.0. The zero-order valence-corrected chi connectivity index (χ0v) is 21.4. The Hall–Kier alpha value is -3.54. The number of hydrogen-bond acceptors (Lipinski definition) is 7. The van der Waals surface area contributed by atoms with Gasteiger partial charge in [0, 0.05) is 11.3 Å². The summed E-state index contributed by atoms with van der Waals surface area (Å²) in [5.41, 5.74) is -2.05. The standard InChI is InChI=1S/C25H25F3N4O4S/c1-14(2)13-37-19-8-6-5-7-18(19)35-17-10-9-15(11-16(17)25(26,27)28)21-29-20(36-31-21)12-32-22(33)24(3,4)30-23(32)34/h5-11,14H,12-13H2,1-4H3,(H,30,34). The maximum Gasteiger partial charge on any atom is 0.420 e. The van der Waals surface area contributed by atoms with Crippen LogP contribution in [-0.4, -0.2) is 38.3 Å². The second-order valence-corrected chi connectivity index (χ2v) is 10.5. The number of aromatic nitrogens is 2. The Balaban J connectivity index is 1.59. The number of nitrogens with zero attached hydrogens (tertiary/aromatic N) is 3. The summed E-state index contributed by atoms with van der Waals surface area (Å²) < 4.78 is 52.8. The van der Waals surface area contributed by atoms with Crippen LogP contribution in [0.5, 0.6) is 11.5 Å². The summed E-state index contributed by atoms with van der Waals surface area (Å²) in [4.78, 5) is 30.2. The van der Waals surface area contributed by atoms with E-state index in [1.54, 1.807) is 38.1 Å². The van der Waals surface area contributed by atoms with Crippen LogP contribution in [0.3, 0.4) is 0 Å². The Bertz CT molecular complexity index is 1320. The molecule has 1 aromatic heterocycles. The van der Waals surface area contributed by atoms with Gasteiger partial charge in [-0.05, 0) is 50.1 Å². The monoisotopic (exact) mass is 534 g/mol. The average Bonchev–Trinajstić information content (AvgIpc) is 3.36. The Morgan fingerprint density at radius 1 is 1.14 bits per heavy atom. The van der Waals surface area contributed by atoms with Crippen LogP contribution >= 0.6 is 11.8 Å². The average molecular weight is 535 g/mol. The fourth-order valence-electron chi connectivity index (χ4n) is 3.54. The Morgan fingerprint density at radius 3 is 2.51 bits per heavy atom. The molecule has 0 unspecified atom stereocenters. The highest BCUT2D eigenvalue weighted by molar-refractivity contribution is 7.99. The number of carbonyl (C=O) groups excluding carboxylic acids is 2. The number of carbonyl (C=O) groups is 2. The Labute approximate surface area is 215 Å². The fourth-order valence-corrected chi connectivity index (χ4v) is 4.48. The number of imide groups is 1. The number of hydrogen-bond donors (Lipinski definition) is 1. The van der Waals surface area contributed by atoms with Gasteiger partial charge in [-0.1, -0.05) is 31.1 Å². The van der Waals surface area contributed by atoms with Gasteiger partial charge in [-0.2, -0.15) is 18.2 Å². The molecule has 2 heterocycles. The lowest BCUT2D eigenvalue weighted by molar-refractivity contribution is -0.138. The predicted molar refractivity (Wildman–Crippen MR) is 130 cm³/mol. The first-order valence-corrected chi connectivity index (χ1v) is 12.4. The summed E-state index contributed by atoms with van der Waals surface area (Å²) >= 11 is 1.51. The van der Waals surface area contributed by atoms with Gasteiger partial charge in [0.15, 0.2) is 0 Å². The Morgan fingerprint density at radius 2 is 1.86 bits per heavy atom. The van der Waals surface area contributed by atoms with E-state index in [9.17, 15) is 22.8 Å². The van der Waals surface area contributed by atoms with E-state index in [0.717, 1.165) is 21.6 Å². The van der Waals surface area contributed by atoms with Crippen LogP contribution in [-0.2, 0) is 17.5 Å². The minimum absolute atomic E-state index is 0.0367. The molecule has 3 aromatic rings. The number of alkyl halides is 3. The fraction of sp³-hybridized carbons (Fsp3) is 0.360. The highest BCUT2D eigenvalue weighted by Crippen LogP contribution is 2.42. The first-order valence-electron chi connectivity index (χ1n) is 11.4. The summed E-state index contributed by atoms with van der Waals surface area (Å²) in [6.45, 7) is 6.91. The topological polar surface area (TPSA) is 97.6 Å². The number of amides is 3.